The van der Waals surface area contributed by atoms with Crippen LogP contribution in [0.1, 0.15) is 49.9 Å². The number of hydrogen-bond acceptors (Lipinski definition) is 4. The van der Waals surface area contributed by atoms with Gasteiger partial charge in [-0.15, -0.1) is 0 Å². The summed E-state index contributed by atoms with van der Waals surface area (Å²) in [6.07, 6.45) is 3.08. The Morgan fingerprint density at radius 3 is 2.04 bits per heavy atom. The first-order valence-electron chi connectivity index (χ1n) is 10.4. The van der Waals surface area contributed by atoms with E-state index in [4.69, 9.17) is 0 Å². The molecule has 1 aromatic rings. The molecule has 0 aromatic heterocycles. The van der Waals surface area contributed by atoms with Gasteiger partial charge in [-0.1, -0.05) is 6.92 Å². The fourth-order valence-electron chi connectivity index (χ4n) is 4.18. The van der Waals surface area contributed by atoms with Crippen LogP contribution in [0.2, 0.25) is 0 Å². The molecule has 0 spiro atoms. The van der Waals surface area contributed by atoms with E-state index in [1.165, 1.54) is 6.92 Å². The highest BCUT2D eigenvalue weighted by Crippen LogP contribution is 2.31. The lowest BCUT2D eigenvalue weighted by Gasteiger charge is -2.37. The number of carbonyl (C=O) groups is 3. The van der Waals surface area contributed by atoms with Crippen LogP contribution < -0.4 is 5.32 Å². The highest BCUT2D eigenvalue weighted by molar-refractivity contribution is 5.96. The maximum atomic E-state index is 12.8. The minimum atomic E-state index is -0.0477. The molecule has 0 atom stereocenters. The van der Waals surface area contributed by atoms with E-state index in [9.17, 15) is 14.4 Å². The first-order valence-corrected chi connectivity index (χ1v) is 10.4. The molecular weight excluding hydrogens is 354 g/mol. The summed E-state index contributed by atoms with van der Waals surface area (Å²) in [5.41, 5.74) is 1.35. The predicted molar refractivity (Wildman–Crippen MR) is 109 cm³/mol. The van der Waals surface area contributed by atoms with Crippen LogP contribution >= 0.6 is 0 Å². The van der Waals surface area contributed by atoms with E-state index in [0.717, 1.165) is 58.4 Å². The normalized spacial score (nSPS) is 23.3. The van der Waals surface area contributed by atoms with E-state index in [-0.39, 0.29) is 29.4 Å². The topological polar surface area (TPSA) is 69.7 Å². The SMILES string of the molecule is CCN1CCN(C(=O)C2CCC(C(=O)Nc3ccc(C(C)=O)cc3)CC2)CC1. The zero-order chi connectivity index (χ0) is 20.1. The monoisotopic (exact) mass is 385 g/mol. The second-order valence-electron chi connectivity index (χ2n) is 7.93. The van der Waals surface area contributed by atoms with E-state index in [2.05, 4.69) is 17.1 Å². The van der Waals surface area contributed by atoms with Gasteiger partial charge in [0.2, 0.25) is 11.8 Å². The van der Waals surface area contributed by atoms with E-state index < -0.39 is 0 Å². The zero-order valence-corrected chi connectivity index (χ0v) is 16.9. The highest BCUT2D eigenvalue weighted by atomic mass is 16.2. The molecule has 1 aliphatic carbocycles. The van der Waals surface area contributed by atoms with Crippen molar-refractivity contribution < 1.29 is 14.4 Å². The number of amides is 2. The predicted octanol–water partition coefficient (Wildman–Crippen LogP) is 2.80. The van der Waals surface area contributed by atoms with Crippen LogP contribution in [0.15, 0.2) is 24.3 Å². The maximum Gasteiger partial charge on any atom is 0.227 e. The van der Waals surface area contributed by atoms with Gasteiger partial charge in [0, 0.05) is 49.3 Å². The highest BCUT2D eigenvalue weighted by Gasteiger charge is 2.33. The lowest BCUT2D eigenvalue weighted by atomic mass is 9.80. The fraction of sp³-hybridized carbons (Fsp3) is 0.591. The van der Waals surface area contributed by atoms with Gasteiger partial charge in [-0.25, -0.2) is 0 Å². The van der Waals surface area contributed by atoms with Crippen molar-refractivity contribution in [1.29, 1.82) is 0 Å². The van der Waals surface area contributed by atoms with E-state index in [0.29, 0.717) is 11.3 Å². The van der Waals surface area contributed by atoms with Gasteiger partial charge in [0.05, 0.1) is 0 Å². The molecule has 0 bridgehead atoms. The first kappa shape index (κ1) is 20.5. The molecule has 1 saturated heterocycles. The summed E-state index contributed by atoms with van der Waals surface area (Å²) >= 11 is 0. The van der Waals surface area contributed by atoms with Gasteiger partial charge in [0.1, 0.15) is 0 Å². The second kappa shape index (κ2) is 9.32. The second-order valence-corrected chi connectivity index (χ2v) is 7.93. The van der Waals surface area contributed by atoms with Gasteiger partial charge in [0.15, 0.2) is 5.78 Å². The molecule has 0 radical (unpaired) electrons. The van der Waals surface area contributed by atoms with Crippen molar-refractivity contribution in [3.63, 3.8) is 0 Å². The first-order chi connectivity index (χ1) is 13.5. The zero-order valence-electron chi connectivity index (χ0n) is 16.9. The molecule has 6 nitrogen and oxygen atoms in total. The molecule has 1 saturated carbocycles. The number of piperazine rings is 1. The standard InChI is InChI=1S/C22H31N3O3/c1-3-24-12-14-25(15-13-24)22(28)19-6-4-18(5-7-19)21(27)23-20-10-8-17(9-11-20)16(2)26/h8-11,18-19H,3-7,12-15H2,1-2H3,(H,23,27). The third kappa shape index (κ3) is 4.98. The summed E-state index contributed by atoms with van der Waals surface area (Å²) in [5, 5.41) is 2.95. The summed E-state index contributed by atoms with van der Waals surface area (Å²) in [7, 11) is 0. The number of Topliss-reactive ketones (excluding diaryl/α,β-unsaturated/α-hetero) is 1. The summed E-state index contributed by atoms with van der Waals surface area (Å²) in [6, 6.07) is 6.98. The third-order valence-corrected chi connectivity index (χ3v) is 6.14. The Balaban J connectivity index is 1.46. The Bertz CT molecular complexity index is 700. The lowest BCUT2D eigenvalue weighted by molar-refractivity contribution is -0.139. The molecule has 2 aliphatic rings. The van der Waals surface area contributed by atoms with Crippen LogP contribution in [-0.4, -0.2) is 60.1 Å². The minimum absolute atomic E-state index is 0.0111. The quantitative estimate of drug-likeness (QED) is 0.792. The van der Waals surface area contributed by atoms with Gasteiger partial charge in [-0.05, 0) is 63.4 Å². The van der Waals surface area contributed by atoms with Crippen molar-refractivity contribution in [2.75, 3.05) is 38.0 Å². The maximum absolute atomic E-state index is 12.8. The minimum Gasteiger partial charge on any atom is -0.340 e. The number of hydrogen-bond donors (Lipinski definition) is 1. The third-order valence-electron chi connectivity index (χ3n) is 6.14. The number of anilines is 1. The molecular formula is C22H31N3O3. The lowest BCUT2D eigenvalue weighted by Crippen LogP contribution is -2.50. The smallest absolute Gasteiger partial charge is 0.227 e. The van der Waals surface area contributed by atoms with Crippen LogP contribution in [0, 0.1) is 11.8 Å². The van der Waals surface area contributed by atoms with Crippen molar-refractivity contribution in [1.82, 2.24) is 9.80 Å². The van der Waals surface area contributed by atoms with Gasteiger partial charge in [-0.2, -0.15) is 0 Å². The van der Waals surface area contributed by atoms with E-state index >= 15 is 0 Å². The van der Waals surface area contributed by atoms with E-state index in [1.54, 1.807) is 24.3 Å². The Morgan fingerprint density at radius 1 is 0.929 bits per heavy atom. The average molecular weight is 386 g/mol. The number of likely N-dealkylation sites (N-methyl/N-ethyl adjacent to an activating group) is 1. The molecule has 2 fully saturated rings. The number of nitrogens with one attached hydrogen (secondary N) is 1. The van der Waals surface area contributed by atoms with Gasteiger partial charge in [-0.3, -0.25) is 14.4 Å². The summed E-state index contributed by atoms with van der Waals surface area (Å²) in [5.74, 6) is 0.310. The molecule has 152 valence electrons. The molecule has 1 heterocycles. The van der Waals surface area contributed by atoms with Crippen LogP contribution in [0.3, 0.4) is 0 Å². The van der Waals surface area contributed by atoms with E-state index in [1.807, 2.05) is 4.90 Å². The molecule has 2 amide bonds. The van der Waals surface area contributed by atoms with Crippen LogP contribution in [0.4, 0.5) is 5.69 Å². The number of carbonyl (C=O) groups excluding carboxylic acids is 3. The number of rotatable bonds is 5. The van der Waals surface area contributed by atoms with Crippen molar-refractivity contribution in [2.24, 2.45) is 11.8 Å². The number of benzene rings is 1. The molecule has 28 heavy (non-hydrogen) atoms. The van der Waals surface area contributed by atoms with Crippen LogP contribution in [0.25, 0.3) is 0 Å². The van der Waals surface area contributed by atoms with Crippen LogP contribution in [0.5, 0.6) is 0 Å². The van der Waals surface area contributed by atoms with Gasteiger partial charge >= 0.3 is 0 Å². The summed E-state index contributed by atoms with van der Waals surface area (Å²) in [6.45, 7) is 8.29. The molecule has 1 aromatic carbocycles. The summed E-state index contributed by atoms with van der Waals surface area (Å²) in [4.78, 5) is 41.1. The molecule has 0 unspecified atom stereocenters. The van der Waals surface area contributed by atoms with Gasteiger partial charge in [0.25, 0.3) is 0 Å². The fourth-order valence-corrected chi connectivity index (χ4v) is 4.18. The molecule has 6 heteroatoms. The number of nitrogens with zero attached hydrogens (tertiary/aromatic N) is 2. The number of ketones is 1. The Morgan fingerprint density at radius 2 is 1.50 bits per heavy atom. The molecule has 1 N–H and O–H groups in total. The molecule has 1 aliphatic heterocycles. The van der Waals surface area contributed by atoms with Crippen molar-refractivity contribution in [3.8, 4) is 0 Å². The van der Waals surface area contributed by atoms with Crippen molar-refractivity contribution in [3.05, 3.63) is 29.8 Å². The van der Waals surface area contributed by atoms with Crippen LogP contribution in [-0.2, 0) is 9.59 Å². The van der Waals surface area contributed by atoms with Crippen molar-refractivity contribution >= 4 is 23.3 Å². The summed E-state index contributed by atoms with van der Waals surface area (Å²) < 4.78 is 0. The average Bonchev–Trinajstić information content (AvgIpc) is 2.73. The Kier molecular flexibility index (Phi) is 6.83. The van der Waals surface area contributed by atoms with Gasteiger partial charge < -0.3 is 15.1 Å². The molecule has 3 rings (SSSR count). The Hall–Kier alpha value is -2.21. The largest absolute Gasteiger partial charge is 0.340 e. The Labute approximate surface area is 167 Å². The van der Waals surface area contributed by atoms with Crippen molar-refractivity contribution in [2.45, 2.75) is 39.5 Å².